The molecule has 0 heterocycles. The van der Waals surface area contributed by atoms with Gasteiger partial charge in [-0.05, 0) is 75.0 Å². The van der Waals surface area contributed by atoms with Crippen molar-refractivity contribution in [1.29, 1.82) is 0 Å². The lowest BCUT2D eigenvalue weighted by Gasteiger charge is -2.52. The van der Waals surface area contributed by atoms with Crippen molar-refractivity contribution in [2.45, 2.75) is 78.2 Å². The molecule has 21 heavy (non-hydrogen) atoms. The van der Waals surface area contributed by atoms with E-state index < -0.39 is 0 Å². The Hall–Kier alpha value is -0.560. The average Bonchev–Trinajstić information content (AvgIpc) is 2.88. The first-order valence-corrected chi connectivity index (χ1v) is 9.11. The number of aliphatic hydroxyl groups is 1. The molecule has 3 aliphatic rings. The first-order chi connectivity index (χ1) is 10.0. The molecule has 1 fully saturated rings. The van der Waals surface area contributed by atoms with E-state index in [1.54, 1.807) is 11.1 Å². The standard InChI is InChI=1S/C20H32O/c1-4-5-19-18(15-7-6-14(2)12-15)9-8-16-13-17(21)10-11-20(16,19)3/h12-13,15,17-19,21H,4-11H2,1-3H3. The van der Waals surface area contributed by atoms with Crippen molar-refractivity contribution >= 4 is 0 Å². The summed E-state index contributed by atoms with van der Waals surface area (Å²) in [6.45, 7) is 7.15. The van der Waals surface area contributed by atoms with Gasteiger partial charge in [0.15, 0.2) is 0 Å². The molecule has 0 spiro atoms. The molecule has 0 aromatic heterocycles. The van der Waals surface area contributed by atoms with Crippen LogP contribution in [0.25, 0.3) is 0 Å². The normalized spacial score (nSPS) is 43.2. The van der Waals surface area contributed by atoms with Crippen molar-refractivity contribution in [3.05, 3.63) is 23.3 Å². The fourth-order valence-corrected chi connectivity index (χ4v) is 5.52. The Bertz CT molecular complexity index is 447. The van der Waals surface area contributed by atoms with Gasteiger partial charge in [0.1, 0.15) is 0 Å². The van der Waals surface area contributed by atoms with Gasteiger partial charge in [-0.1, -0.05) is 43.6 Å². The Kier molecular flexibility index (Phi) is 4.32. The maximum Gasteiger partial charge on any atom is 0.0724 e. The molecule has 0 saturated heterocycles. The van der Waals surface area contributed by atoms with Crippen LogP contribution in [0.2, 0.25) is 0 Å². The number of hydrogen-bond acceptors (Lipinski definition) is 1. The monoisotopic (exact) mass is 288 g/mol. The third kappa shape index (κ3) is 2.74. The van der Waals surface area contributed by atoms with Gasteiger partial charge >= 0.3 is 0 Å². The summed E-state index contributed by atoms with van der Waals surface area (Å²) < 4.78 is 0. The molecule has 1 heteroatoms. The number of hydrogen-bond donors (Lipinski definition) is 1. The zero-order valence-electron chi connectivity index (χ0n) is 14.1. The molecular weight excluding hydrogens is 256 g/mol. The van der Waals surface area contributed by atoms with Gasteiger partial charge in [0.05, 0.1) is 6.10 Å². The SMILES string of the molecule is CCCC1C(C2C=C(C)CC2)CCC2=CC(O)CCC21C. The molecular formula is C20H32O. The zero-order chi connectivity index (χ0) is 15.0. The van der Waals surface area contributed by atoms with Crippen LogP contribution in [0.1, 0.15) is 72.1 Å². The van der Waals surface area contributed by atoms with Crippen LogP contribution in [0, 0.1) is 23.2 Å². The summed E-state index contributed by atoms with van der Waals surface area (Å²) in [5.41, 5.74) is 3.55. The topological polar surface area (TPSA) is 20.2 Å². The highest BCUT2D eigenvalue weighted by atomic mass is 16.3. The third-order valence-corrected chi connectivity index (χ3v) is 6.69. The minimum atomic E-state index is -0.180. The minimum Gasteiger partial charge on any atom is -0.389 e. The molecule has 1 nitrogen and oxygen atoms in total. The first kappa shape index (κ1) is 15.3. The van der Waals surface area contributed by atoms with Gasteiger partial charge in [-0.2, -0.15) is 0 Å². The third-order valence-electron chi connectivity index (χ3n) is 6.69. The zero-order valence-corrected chi connectivity index (χ0v) is 14.1. The molecule has 118 valence electrons. The van der Waals surface area contributed by atoms with E-state index >= 15 is 0 Å². The van der Waals surface area contributed by atoms with Crippen LogP contribution < -0.4 is 0 Å². The van der Waals surface area contributed by atoms with Crippen molar-refractivity contribution in [3.63, 3.8) is 0 Å². The molecule has 0 bridgehead atoms. The van der Waals surface area contributed by atoms with Crippen molar-refractivity contribution in [3.8, 4) is 0 Å². The van der Waals surface area contributed by atoms with Gasteiger partial charge in [0.25, 0.3) is 0 Å². The van der Waals surface area contributed by atoms with Gasteiger partial charge in [0.2, 0.25) is 0 Å². The van der Waals surface area contributed by atoms with Gasteiger partial charge in [-0.15, -0.1) is 0 Å². The number of rotatable bonds is 3. The molecule has 5 unspecified atom stereocenters. The Labute approximate surface area is 130 Å². The largest absolute Gasteiger partial charge is 0.389 e. The molecule has 0 aromatic carbocycles. The number of aliphatic hydroxyl groups excluding tert-OH is 1. The summed E-state index contributed by atoms with van der Waals surface area (Å²) in [5.74, 6) is 2.52. The van der Waals surface area contributed by atoms with E-state index in [4.69, 9.17) is 0 Å². The molecule has 0 aliphatic heterocycles. The average molecular weight is 288 g/mol. The maximum atomic E-state index is 10.0. The van der Waals surface area contributed by atoms with Crippen LogP contribution in [0.15, 0.2) is 23.3 Å². The van der Waals surface area contributed by atoms with E-state index in [1.165, 1.54) is 44.9 Å². The quantitative estimate of drug-likeness (QED) is 0.703. The molecule has 0 aromatic rings. The second-order valence-electron chi connectivity index (χ2n) is 8.03. The lowest BCUT2D eigenvalue weighted by molar-refractivity contribution is 0.0437. The maximum absolute atomic E-state index is 10.0. The first-order valence-electron chi connectivity index (χ1n) is 9.11. The summed E-state index contributed by atoms with van der Waals surface area (Å²) in [4.78, 5) is 0. The predicted octanol–water partition coefficient (Wildman–Crippen LogP) is 5.26. The van der Waals surface area contributed by atoms with Crippen LogP contribution in [-0.2, 0) is 0 Å². The van der Waals surface area contributed by atoms with Crippen LogP contribution in [0.5, 0.6) is 0 Å². The van der Waals surface area contributed by atoms with Crippen molar-refractivity contribution in [2.24, 2.45) is 23.2 Å². The Morgan fingerprint density at radius 2 is 2.00 bits per heavy atom. The highest BCUT2D eigenvalue weighted by molar-refractivity contribution is 5.25. The lowest BCUT2D eigenvalue weighted by atomic mass is 9.53. The van der Waals surface area contributed by atoms with E-state index in [0.717, 1.165) is 24.2 Å². The molecule has 0 radical (unpaired) electrons. The highest BCUT2D eigenvalue weighted by Crippen LogP contribution is 2.57. The number of fused-ring (bicyclic) bond motifs is 1. The van der Waals surface area contributed by atoms with E-state index in [-0.39, 0.29) is 6.10 Å². The Morgan fingerprint density at radius 1 is 1.19 bits per heavy atom. The molecule has 3 aliphatic carbocycles. The van der Waals surface area contributed by atoms with Gasteiger partial charge in [0, 0.05) is 0 Å². The molecule has 5 atom stereocenters. The second kappa shape index (κ2) is 5.91. The fraction of sp³-hybridized carbons (Fsp3) is 0.800. The second-order valence-corrected chi connectivity index (χ2v) is 8.03. The van der Waals surface area contributed by atoms with Crippen LogP contribution in [0.4, 0.5) is 0 Å². The van der Waals surface area contributed by atoms with E-state index in [1.807, 2.05) is 0 Å². The molecule has 1 N–H and O–H groups in total. The molecule has 1 saturated carbocycles. The highest BCUT2D eigenvalue weighted by Gasteiger charge is 2.48. The van der Waals surface area contributed by atoms with E-state index in [2.05, 4.69) is 32.9 Å². The summed E-state index contributed by atoms with van der Waals surface area (Å²) in [6.07, 6.45) is 14.7. The molecule has 3 rings (SSSR count). The molecule has 0 amide bonds. The summed E-state index contributed by atoms with van der Waals surface area (Å²) >= 11 is 0. The minimum absolute atomic E-state index is 0.180. The Balaban J connectivity index is 1.89. The van der Waals surface area contributed by atoms with E-state index in [9.17, 15) is 5.11 Å². The van der Waals surface area contributed by atoms with Gasteiger partial charge in [-0.25, -0.2) is 0 Å². The summed E-state index contributed by atoms with van der Waals surface area (Å²) in [5, 5.41) is 10.0. The van der Waals surface area contributed by atoms with Crippen LogP contribution in [-0.4, -0.2) is 11.2 Å². The summed E-state index contributed by atoms with van der Waals surface area (Å²) in [6, 6.07) is 0. The fourth-order valence-electron chi connectivity index (χ4n) is 5.52. The predicted molar refractivity (Wildman–Crippen MR) is 89.0 cm³/mol. The smallest absolute Gasteiger partial charge is 0.0724 e. The van der Waals surface area contributed by atoms with Gasteiger partial charge < -0.3 is 5.11 Å². The Morgan fingerprint density at radius 3 is 2.67 bits per heavy atom. The van der Waals surface area contributed by atoms with Crippen LogP contribution >= 0.6 is 0 Å². The lowest BCUT2D eigenvalue weighted by Crippen LogP contribution is -2.43. The summed E-state index contributed by atoms with van der Waals surface area (Å²) in [7, 11) is 0. The van der Waals surface area contributed by atoms with E-state index in [0.29, 0.717) is 5.41 Å². The van der Waals surface area contributed by atoms with Gasteiger partial charge in [-0.3, -0.25) is 0 Å². The van der Waals surface area contributed by atoms with Crippen LogP contribution in [0.3, 0.4) is 0 Å². The van der Waals surface area contributed by atoms with Crippen molar-refractivity contribution < 1.29 is 5.11 Å². The number of allylic oxidation sites excluding steroid dienone is 3. The van der Waals surface area contributed by atoms with Crippen molar-refractivity contribution in [2.75, 3.05) is 0 Å². The van der Waals surface area contributed by atoms with Crippen molar-refractivity contribution in [1.82, 2.24) is 0 Å².